The van der Waals surface area contributed by atoms with Crippen LogP contribution in [0.1, 0.15) is 52.4 Å². The topological polar surface area (TPSA) is 78.4 Å². The molecule has 0 aromatic carbocycles. The first kappa shape index (κ1) is 15.8. The molecule has 1 rings (SSSR count). The second kappa shape index (κ2) is 8.02. The summed E-state index contributed by atoms with van der Waals surface area (Å²) in [4.78, 5) is 22.7. The minimum atomic E-state index is -0.971. The van der Waals surface area contributed by atoms with Crippen LogP contribution in [-0.4, -0.2) is 29.7 Å². The highest BCUT2D eigenvalue weighted by Gasteiger charge is 2.21. The van der Waals surface area contributed by atoms with Crippen LogP contribution in [0.3, 0.4) is 0 Å². The molecule has 0 heterocycles. The van der Waals surface area contributed by atoms with Crippen molar-refractivity contribution in [3.8, 4) is 0 Å². The van der Waals surface area contributed by atoms with Gasteiger partial charge in [-0.25, -0.2) is 9.59 Å². The standard InChI is InChI=1S/C14H26N2O3/c1-10(2)8-12(13(17)18)16-14(19)15-9-11-6-4-3-5-7-11/h10-12H,3-9H2,1-2H3,(H,17,18)(H2,15,16,19). The van der Waals surface area contributed by atoms with E-state index in [1.54, 1.807) is 0 Å². The van der Waals surface area contributed by atoms with Crippen molar-refractivity contribution in [1.82, 2.24) is 10.6 Å². The maximum atomic E-state index is 11.7. The van der Waals surface area contributed by atoms with Crippen LogP contribution in [0.2, 0.25) is 0 Å². The molecule has 1 aliphatic rings. The van der Waals surface area contributed by atoms with Crippen LogP contribution in [0.15, 0.2) is 0 Å². The Morgan fingerprint density at radius 3 is 2.37 bits per heavy atom. The minimum Gasteiger partial charge on any atom is -0.480 e. The lowest BCUT2D eigenvalue weighted by molar-refractivity contribution is -0.139. The first-order valence-corrected chi connectivity index (χ1v) is 7.26. The summed E-state index contributed by atoms with van der Waals surface area (Å²) in [5, 5.41) is 14.4. The minimum absolute atomic E-state index is 0.236. The number of aliphatic carboxylic acids is 1. The summed E-state index contributed by atoms with van der Waals surface area (Å²) in [6, 6.07) is -1.16. The summed E-state index contributed by atoms with van der Waals surface area (Å²) < 4.78 is 0. The van der Waals surface area contributed by atoms with Gasteiger partial charge in [0.15, 0.2) is 0 Å². The van der Waals surface area contributed by atoms with E-state index in [4.69, 9.17) is 5.11 Å². The summed E-state index contributed by atoms with van der Waals surface area (Å²) in [6.45, 7) is 4.54. The summed E-state index contributed by atoms with van der Waals surface area (Å²) in [7, 11) is 0. The predicted octanol–water partition coefficient (Wildman–Crippen LogP) is 2.37. The normalized spacial score (nSPS) is 18.1. The molecular formula is C14H26N2O3. The molecule has 0 radical (unpaired) electrons. The van der Waals surface area contributed by atoms with Crippen molar-refractivity contribution in [2.75, 3.05) is 6.54 Å². The number of nitrogens with one attached hydrogen (secondary N) is 2. The third kappa shape index (κ3) is 6.45. The Morgan fingerprint density at radius 2 is 1.84 bits per heavy atom. The van der Waals surface area contributed by atoms with Crippen LogP contribution >= 0.6 is 0 Å². The molecule has 0 saturated heterocycles. The highest BCUT2D eigenvalue weighted by Crippen LogP contribution is 2.22. The molecule has 19 heavy (non-hydrogen) atoms. The van der Waals surface area contributed by atoms with Gasteiger partial charge in [0.2, 0.25) is 0 Å². The lowest BCUT2D eigenvalue weighted by atomic mass is 9.89. The van der Waals surface area contributed by atoms with Gasteiger partial charge in [-0.15, -0.1) is 0 Å². The highest BCUT2D eigenvalue weighted by molar-refractivity contribution is 5.82. The molecule has 1 aliphatic carbocycles. The molecule has 110 valence electrons. The van der Waals surface area contributed by atoms with E-state index in [0.29, 0.717) is 18.9 Å². The zero-order chi connectivity index (χ0) is 14.3. The number of rotatable bonds is 6. The number of hydrogen-bond acceptors (Lipinski definition) is 2. The molecule has 0 spiro atoms. The van der Waals surface area contributed by atoms with Crippen molar-refractivity contribution in [1.29, 1.82) is 0 Å². The fourth-order valence-corrected chi connectivity index (χ4v) is 2.53. The molecule has 0 aromatic rings. The molecular weight excluding hydrogens is 244 g/mol. The van der Waals surface area contributed by atoms with Crippen molar-refractivity contribution < 1.29 is 14.7 Å². The van der Waals surface area contributed by atoms with Gasteiger partial charge in [0.1, 0.15) is 6.04 Å². The Kier molecular flexibility index (Phi) is 6.67. The van der Waals surface area contributed by atoms with Crippen molar-refractivity contribution in [2.45, 2.75) is 58.4 Å². The number of hydrogen-bond donors (Lipinski definition) is 3. The van der Waals surface area contributed by atoms with Crippen LogP contribution in [0.4, 0.5) is 4.79 Å². The average Bonchev–Trinajstić information content (AvgIpc) is 2.36. The smallest absolute Gasteiger partial charge is 0.326 e. The number of carboxylic acids is 1. The quantitative estimate of drug-likeness (QED) is 0.693. The van der Waals surface area contributed by atoms with E-state index in [-0.39, 0.29) is 11.9 Å². The third-order valence-electron chi connectivity index (χ3n) is 3.59. The number of carbonyl (C=O) groups is 2. The molecule has 0 bridgehead atoms. The molecule has 2 amide bonds. The molecule has 3 N–H and O–H groups in total. The summed E-state index contributed by atoms with van der Waals surface area (Å²) in [5.41, 5.74) is 0. The first-order chi connectivity index (χ1) is 8.99. The summed E-state index contributed by atoms with van der Waals surface area (Å²) in [5.74, 6) is -0.186. The van der Waals surface area contributed by atoms with Crippen LogP contribution in [0, 0.1) is 11.8 Å². The van der Waals surface area contributed by atoms with E-state index in [1.165, 1.54) is 19.3 Å². The van der Waals surface area contributed by atoms with Gasteiger partial charge in [-0.1, -0.05) is 33.1 Å². The Morgan fingerprint density at radius 1 is 1.21 bits per heavy atom. The van der Waals surface area contributed by atoms with Crippen molar-refractivity contribution in [3.05, 3.63) is 0 Å². The number of carbonyl (C=O) groups excluding carboxylic acids is 1. The van der Waals surface area contributed by atoms with Gasteiger partial charge >= 0.3 is 12.0 Å². The fraction of sp³-hybridized carbons (Fsp3) is 0.857. The van der Waals surface area contributed by atoms with Gasteiger partial charge in [-0.3, -0.25) is 0 Å². The fourth-order valence-electron chi connectivity index (χ4n) is 2.53. The van der Waals surface area contributed by atoms with Crippen LogP contribution in [0.5, 0.6) is 0 Å². The molecule has 5 heteroatoms. The summed E-state index contributed by atoms with van der Waals surface area (Å²) in [6.07, 6.45) is 6.53. The highest BCUT2D eigenvalue weighted by atomic mass is 16.4. The van der Waals surface area contributed by atoms with Crippen molar-refractivity contribution in [3.63, 3.8) is 0 Å². The Balaban J connectivity index is 2.29. The monoisotopic (exact) mass is 270 g/mol. The number of urea groups is 1. The zero-order valence-corrected chi connectivity index (χ0v) is 11.9. The molecule has 0 aliphatic heterocycles. The molecule has 1 atom stereocenters. The van der Waals surface area contributed by atoms with Crippen LogP contribution in [0.25, 0.3) is 0 Å². The second-order valence-electron chi connectivity index (χ2n) is 5.88. The van der Waals surface area contributed by atoms with Gasteiger partial charge in [-0.2, -0.15) is 0 Å². The maximum absolute atomic E-state index is 11.7. The van der Waals surface area contributed by atoms with Crippen LogP contribution in [-0.2, 0) is 4.79 Å². The van der Waals surface area contributed by atoms with E-state index in [2.05, 4.69) is 10.6 Å². The van der Waals surface area contributed by atoms with E-state index in [9.17, 15) is 9.59 Å². The molecule has 5 nitrogen and oxygen atoms in total. The van der Waals surface area contributed by atoms with Gasteiger partial charge in [0.25, 0.3) is 0 Å². The van der Waals surface area contributed by atoms with E-state index in [0.717, 1.165) is 12.8 Å². The van der Waals surface area contributed by atoms with Gasteiger partial charge in [-0.05, 0) is 31.1 Å². The van der Waals surface area contributed by atoms with Gasteiger partial charge < -0.3 is 15.7 Å². The van der Waals surface area contributed by atoms with E-state index in [1.807, 2.05) is 13.8 Å². The molecule has 1 fully saturated rings. The SMILES string of the molecule is CC(C)CC(NC(=O)NCC1CCCCC1)C(=O)O. The maximum Gasteiger partial charge on any atom is 0.326 e. The van der Waals surface area contributed by atoms with E-state index >= 15 is 0 Å². The number of carboxylic acid groups (broad SMARTS) is 1. The Bertz CT molecular complexity index is 299. The molecule has 1 unspecified atom stereocenters. The van der Waals surface area contributed by atoms with Crippen LogP contribution < -0.4 is 10.6 Å². The first-order valence-electron chi connectivity index (χ1n) is 7.26. The van der Waals surface area contributed by atoms with Gasteiger partial charge in [0, 0.05) is 6.54 Å². The zero-order valence-electron chi connectivity index (χ0n) is 11.9. The lowest BCUT2D eigenvalue weighted by Gasteiger charge is -2.22. The summed E-state index contributed by atoms with van der Waals surface area (Å²) >= 11 is 0. The average molecular weight is 270 g/mol. The lowest BCUT2D eigenvalue weighted by Crippen LogP contribution is -2.47. The van der Waals surface area contributed by atoms with Crippen molar-refractivity contribution in [2.24, 2.45) is 11.8 Å². The largest absolute Gasteiger partial charge is 0.480 e. The predicted molar refractivity (Wildman–Crippen MR) is 74.0 cm³/mol. The van der Waals surface area contributed by atoms with Crippen molar-refractivity contribution >= 4 is 12.0 Å². The van der Waals surface area contributed by atoms with Gasteiger partial charge in [0.05, 0.1) is 0 Å². The second-order valence-corrected chi connectivity index (χ2v) is 5.88. The molecule has 0 aromatic heterocycles. The Hall–Kier alpha value is -1.26. The molecule has 1 saturated carbocycles. The Labute approximate surface area is 115 Å². The number of amides is 2. The van der Waals surface area contributed by atoms with E-state index < -0.39 is 12.0 Å². The third-order valence-corrected chi connectivity index (χ3v) is 3.59.